The molecule has 4 rings (SSSR count). The van der Waals surface area contributed by atoms with Crippen LogP contribution in [-0.4, -0.2) is 42.8 Å². The van der Waals surface area contributed by atoms with Gasteiger partial charge in [-0.05, 0) is 30.3 Å². The summed E-state index contributed by atoms with van der Waals surface area (Å²) in [5, 5.41) is 9.32. The number of anilines is 1. The van der Waals surface area contributed by atoms with Gasteiger partial charge in [-0.15, -0.1) is 0 Å². The SMILES string of the molecule is O=C(O)C1CN(C(=O)c2ccc3c(c2)OCCCO3)c2ccccc2O1. The average Bonchev–Trinajstić information content (AvgIpc) is 2.91. The largest absolute Gasteiger partial charge is 0.490 e. The summed E-state index contributed by atoms with van der Waals surface area (Å²) in [5.41, 5.74) is 0.942. The summed E-state index contributed by atoms with van der Waals surface area (Å²) in [6, 6.07) is 11.9. The van der Waals surface area contributed by atoms with Gasteiger partial charge in [0.1, 0.15) is 5.75 Å². The Labute approximate surface area is 149 Å². The van der Waals surface area contributed by atoms with E-state index >= 15 is 0 Å². The van der Waals surface area contributed by atoms with Crippen molar-refractivity contribution >= 4 is 17.6 Å². The minimum Gasteiger partial charge on any atom is -0.490 e. The molecular formula is C19H17NO6. The van der Waals surface area contributed by atoms with Gasteiger partial charge in [0.2, 0.25) is 6.10 Å². The molecule has 2 aliphatic rings. The van der Waals surface area contributed by atoms with Crippen LogP contribution < -0.4 is 19.1 Å². The van der Waals surface area contributed by atoms with Gasteiger partial charge in [-0.3, -0.25) is 4.79 Å². The molecule has 0 radical (unpaired) electrons. The fourth-order valence-corrected chi connectivity index (χ4v) is 3.01. The minimum atomic E-state index is -1.12. The minimum absolute atomic E-state index is 0.0698. The first kappa shape index (κ1) is 16.3. The van der Waals surface area contributed by atoms with Crippen LogP contribution in [-0.2, 0) is 4.79 Å². The molecule has 1 unspecified atom stereocenters. The number of carbonyl (C=O) groups excluding carboxylic acids is 1. The molecule has 1 amide bonds. The van der Waals surface area contributed by atoms with Gasteiger partial charge in [0.15, 0.2) is 11.5 Å². The summed E-state index contributed by atoms with van der Waals surface area (Å²) in [5.74, 6) is 0.0574. The second-order valence-electron chi connectivity index (χ2n) is 6.04. The highest BCUT2D eigenvalue weighted by atomic mass is 16.5. The number of fused-ring (bicyclic) bond motifs is 2. The zero-order valence-corrected chi connectivity index (χ0v) is 13.9. The third kappa shape index (κ3) is 2.92. The first-order valence-electron chi connectivity index (χ1n) is 8.33. The third-order valence-electron chi connectivity index (χ3n) is 4.29. The van der Waals surface area contributed by atoms with E-state index in [0.717, 1.165) is 6.42 Å². The van der Waals surface area contributed by atoms with Crippen LogP contribution in [0.1, 0.15) is 16.8 Å². The quantitative estimate of drug-likeness (QED) is 0.890. The number of hydrogen-bond acceptors (Lipinski definition) is 5. The molecule has 0 spiro atoms. The third-order valence-corrected chi connectivity index (χ3v) is 4.29. The monoisotopic (exact) mass is 355 g/mol. The van der Waals surface area contributed by atoms with E-state index in [4.69, 9.17) is 14.2 Å². The summed E-state index contributed by atoms with van der Waals surface area (Å²) in [6.45, 7) is 1.02. The maximum absolute atomic E-state index is 13.1. The average molecular weight is 355 g/mol. The molecule has 7 nitrogen and oxygen atoms in total. The Kier molecular flexibility index (Phi) is 4.12. The number of rotatable bonds is 2. The maximum Gasteiger partial charge on any atom is 0.346 e. The van der Waals surface area contributed by atoms with E-state index in [2.05, 4.69) is 0 Å². The van der Waals surface area contributed by atoms with Gasteiger partial charge in [0.05, 0.1) is 25.4 Å². The molecule has 26 heavy (non-hydrogen) atoms. The molecule has 2 aromatic rings. The number of carboxylic acids is 1. The Morgan fingerprint density at radius 2 is 1.77 bits per heavy atom. The molecule has 7 heteroatoms. The number of amides is 1. The van der Waals surface area contributed by atoms with Crippen molar-refractivity contribution in [3.8, 4) is 17.2 Å². The smallest absolute Gasteiger partial charge is 0.346 e. The topological polar surface area (TPSA) is 85.3 Å². The zero-order valence-electron chi connectivity index (χ0n) is 13.9. The molecule has 0 aromatic heterocycles. The van der Waals surface area contributed by atoms with Crippen LogP contribution in [0, 0.1) is 0 Å². The second kappa shape index (κ2) is 6.59. The van der Waals surface area contributed by atoms with Gasteiger partial charge in [0, 0.05) is 12.0 Å². The van der Waals surface area contributed by atoms with Crippen molar-refractivity contribution in [2.45, 2.75) is 12.5 Å². The number of benzene rings is 2. The van der Waals surface area contributed by atoms with E-state index in [9.17, 15) is 14.7 Å². The number of ether oxygens (including phenoxy) is 3. The highest BCUT2D eigenvalue weighted by Crippen LogP contribution is 2.36. The first-order valence-corrected chi connectivity index (χ1v) is 8.33. The standard InChI is InChI=1S/C19H17NO6/c21-18(12-6-7-15-16(10-12)25-9-3-8-24-15)20-11-17(19(22)23)26-14-5-2-1-4-13(14)20/h1-2,4-7,10,17H,3,8-9,11H2,(H,22,23). The van der Waals surface area contributed by atoms with E-state index in [1.54, 1.807) is 42.5 Å². The summed E-state index contributed by atoms with van der Waals surface area (Å²) in [4.78, 5) is 25.9. The van der Waals surface area contributed by atoms with Crippen molar-refractivity contribution in [2.75, 3.05) is 24.7 Å². The molecule has 2 aliphatic heterocycles. The van der Waals surface area contributed by atoms with Crippen molar-refractivity contribution in [1.29, 1.82) is 0 Å². The van der Waals surface area contributed by atoms with Crippen LogP contribution in [0.4, 0.5) is 5.69 Å². The molecule has 134 valence electrons. The molecule has 2 heterocycles. The lowest BCUT2D eigenvalue weighted by atomic mass is 10.1. The molecule has 0 saturated carbocycles. The highest BCUT2D eigenvalue weighted by Gasteiger charge is 2.34. The molecule has 0 bridgehead atoms. The molecule has 1 atom stereocenters. The number of nitrogens with zero attached hydrogens (tertiary/aromatic N) is 1. The number of hydrogen-bond donors (Lipinski definition) is 1. The van der Waals surface area contributed by atoms with Crippen LogP contribution in [0.3, 0.4) is 0 Å². The van der Waals surface area contributed by atoms with Gasteiger partial charge >= 0.3 is 5.97 Å². The zero-order chi connectivity index (χ0) is 18.1. The molecule has 1 N–H and O–H groups in total. The fourth-order valence-electron chi connectivity index (χ4n) is 3.01. The lowest BCUT2D eigenvalue weighted by Gasteiger charge is -2.33. The van der Waals surface area contributed by atoms with Crippen molar-refractivity contribution in [2.24, 2.45) is 0 Å². The normalized spacial score (nSPS) is 18.3. The van der Waals surface area contributed by atoms with E-state index in [1.165, 1.54) is 4.90 Å². The fraction of sp³-hybridized carbons (Fsp3) is 0.263. The van der Waals surface area contributed by atoms with Crippen LogP contribution in [0.15, 0.2) is 42.5 Å². The summed E-state index contributed by atoms with van der Waals surface area (Å²) < 4.78 is 16.7. The molecule has 0 aliphatic carbocycles. The molecule has 0 fully saturated rings. The Morgan fingerprint density at radius 3 is 2.58 bits per heavy atom. The van der Waals surface area contributed by atoms with Gasteiger partial charge in [-0.2, -0.15) is 0 Å². The van der Waals surface area contributed by atoms with Crippen molar-refractivity contribution < 1.29 is 28.9 Å². The lowest BCUT2D eigenvalue weighted by molar-refractivity contribution is -0.144. The summed E-state index contributed by atoms with van der Waals surface area (Å²) >= 11 is 0. The summed E-state index contributed by atoms with van der Waals surface area (Å²) in [6.07, 6.45) is -0.344. The summed E-state index contributed by atoms with van der Waals surface area (Å²) in [7, 11) is 0. The number of carboxylic acid groups (broad SMARTS) is 1. The predicted octanol–water partition coefficient (Wildman–Crippen LogP) is 2.34. The van der Waals surface area contributed by atoms with Gasteiger partial charge in [-0.1, -0.05) is 12.1 Å². The van der Waals surface area contributed by atoms with Crippen LogP contribution in [0.25, 0.3) is 0 Å². The first-order chi connectivity index (χ1) is 12.6. The predicted molar refractivity (Wildman–Crippen MR) is 92.2 cm³/mol. The molecule has 2 aromatic carbocycles. The maximum atomic E-state index is 13.1. The van der Waals surface area contributed by atoms with E-state index in [1.807, 2.05) is 0 Å². The van der Waals surface area contributed by atoms with Crippen LogP contribution in [0.5, 0.6) is 17.2 Å². The second-order valence-corrected chi connectivity index (χ2v) is 6.04. The van der Waals surface area contributed by atoms with E-state index < -0.39 is 12.1 Å². The molecular weight excluding hydrogens is 338 g/mol. The Bertz CT molecular complexity index is 865. The Balaban J connectivity index is 1.69. The van der Waals surface area contributed by atoms with Gasteiger partial charge < -0.3 is 24.2 Å². The number of carbonyl (C=O) groups is 2. The van der Waals surface area contributed by atoms with Crippen molar-refractivity contribution in [1.82, 2.24) is 0 Å². The van der Waals surface area contributed by atoms with Gasteiger partial charge in [0.25, 0.3) is 5.91 Å². The lowest BCUT2D eigenvalue weighted by Crippen LogP contribution is -2.47. The van der Waals surface area contributed by atoms with Crippen molar-refractivity contribution in [3.63, 3.8) is 0 Å². The van der Waals surface area contributed by atoms with Crippen LogP contribution >= 0.6 is 0 Å². The van der Waals surface area contributed by atoms with E-state index in [-0.39, 0.29) is 12.5 Å². The number of para-hydroxylation sites is 2. The van der Waals surface area contributed by atoms with Crippen molar-refractivity contribution in [3.05, 3.63) is 48.0 Å². The number of aliphatic carboxylic acids is 1. The Hall–Kier alpha value is -3.22. The van der Waals surface area contributed by atoms with Gasteiger partial charge in [-0.25, -0.2) is 4.79 Å². The Morgan fingerprint density at radius 1 is 1.00 bits per heavy atom. The van der Waals surface area contributed by atoms with Crippen LogP contribution in [0.2, 0.25) is 0 Å². The molecule has 0 saturated heterocycles. The highest BCUT2D eigenvalue weighted by molar-refractivity contribution is 6.08. The van der Waals surface area contributed by atoms with E-state index in [0.29, 0.717) is 41.7 Å².